The number of halogens is 2. The molecule has 0 nitrogen and oxygen atoms in total. The van der Waals surface area contributed by atoms with Gasteiger partial charge in [-0.1, -0.05) is 13.0 Å². The van der Waals surface area contributed by atoms with Crippen molar-refractivity contribution < 1.29 is 26.2 Å². The van der Waals surface area contributed by atoms with Gasteiger partial charge in [0.15, 0.2) is 0 Å². The van der Waals surface area contributed by atoms with E-state index >= 15 is 0 Å². The van der Waals surface area contributed by atoms with Gasteiger partial charge in [-0.15, -0.1) is 65.8 Å². The van der Waals surface area contributed by atoms with Gasteiger partial charge in [-0.2, -0.15) is 18.2 Å². The van der Waals surface area contributed by atoms with E-state index in [2.05, 4.69) is 55.5 Å². The van der Waals surface area contributed by atoms with Crippen molar-refractivity contribution in [2.75, 3.05) is 0 Å². The summed E-state index contributed by atoms with van der Waals surface area (Å²) in [6.07, 6.45) is 10.0. The molecule has 0 aromatic heterocycles. The van der Waals surface area contributed by atoms with E-state index in [9.17, 15) is 0 Å². The third kappa shape index (κ3) is 5.61. The van der Waals surface area contributed by atoms with E-state index in [0.29, 0.717) is 0 Å². The monoisotopic (exact) mass is 356 g/mol. The molecule has 0 saturated carbocycles. The molecule has 2 aromatic carbocycles. The number of allylic oxidation sites excluding steroid dienone is 4. The van der Waals surface area contributed by atoms with Crippen LogP contribution in [0.4, 0.5) is 0 Å². The van der Waals surface area contributed by atoms with Gasteiger partial charge in [0.1, 0.15) is 0 Å². The summed E-state index contributed by atoms with van der Waals surface area (Å²) in [5.74, 6) is 0. The fraction of sp³-hybridized carbons (Fsp3) is 0.133. The van der Waals surface area contributed by atoms with E-state index in [1.807, 2.05) is 12.2 Å². The predicted molar refractivity (Wildman–Crippen MR) is 80.3 cm³/mol. The molecule has 0 atom stereocenters. The molecule has 0 saturated heterocycles. The summed E-state index contributed by atoms with van der Waals surface area (Å²) in [5.41, 5.74) is 1.37. The predicted octanol–water partition coefficient (Wildman–Crippen LogP) is 5.01. The number of fused-ring (bicyclic) bond motifs is 1. The maximum absolute atomic E-state index is 2.99. The molecule has 1 aliphatic carbocycles. The fourth-order valence-corrected chi connectivity index (χ4v) is 1.65. The summed E-state index contributed by atoms with van der Waals surface area (Å²) in [5, 5.41) is 2.72. The minimum Gasteiger partial charge on any atom is -0.273 e. The van der Waals surface area contributed by atoms with Crippen LogP contribution in [0.25, 0.3) is 10.8 Å². The van der Waals surface area contributed by atoms with E-state index in [4.69, 9.17) is 0 Å². The van der Waals surface area contributed by atoms with Crippen LogP contribution in [0.1, 0.15) is 12.0 Å². The Bertz CT molecular complexity index is 488. The molecule has 18 heavy (non-hydrogen) atoms. The Hall–Kier alpha value is -0.227. The SMILES string of the molecule is C[c-]1ccc2ccccc21.Cl.Cl.[C-]1=CC=CC1.[Zr+2]. The van der Waals surface area contributed by atoms with Gasteiger partial charge in [0.2, 0.25) is 0 Å². The normalized spacial score (nSPS) is 10.7. The van der Waals surface area contributed by atoms with Crippen molar-refractivity contribution in [2.45, 2.75) is 13.3 Å². The van der Waals surface area contributed by atoms with E-state index in [-0.39, 0.29) is 51.0 Å². The van der Waals surface area contributed by atoms with Gasteiger partial charge < -0.3 is 0 Å². The molecule has 0 N–H and O–H groups in total. The summed E-state index contributed by atoms with van der Waals surface area (Å²) in [7, 11) is 0. The molecule has 2 aromatic rings. The van der Waals surface area contributed by atoms with Gasteiger partial charge in [-0.3, -0.25) is 6.08 Å². The smallest absolute Gasteiger partial charge is 0.273 e. The van der Waals surface area contributed by atoms with Gasteiger partial charge in [0, 0.05) is 0 Å². The van der Waals surface area contributed by atoms with Crippen LogP contribution in [0.5, 0.6) is 0 Å². The number of benzene rings is 1. The van der Waals surface area contributed by atoms with Crippen LogP contribution in [0.3, 0.4) is 0 Å². The fourth-order valence-electron chi connectivity index (χ4n) is 1.65. The first-order valence-electron chi connectivity index (χ1n) is 5.21. The first kappa shape index (κ1) is 20.1. The largest absolute Gasteiger partial charge is 2.00 e. The van der Waals surface area contributed by atoms with Crippen molar-refractivity contribution in [3.63, 3.8) is 0 Å². The van der Waals surface area contributed by atoms with E-state index in [1.54, 1.807) is 0 Å². The van der Waals surface area contributed by atoms with E-state index < -0.39 is 0 Å². The zero-order chi connectivity index (χ0) is 10.5. The number of hydrogen-bond donors (Lipinski definition) is 0. The second kappa shape index (κ2) is 10.7. The van der Waals surface area contributed by atoms with Crippen LogP contribution in [-0.4, -0.2) is 0 Å². The molecule has 0 fully saturated rings. The zero-order valence-electron chi connectivity index (χ0n) is 10.2. The first-order valence-corrected chi connectivity index (χ1v) is 5.21. The zero-order valence-corrected chi connectivity index (χ0v) is 14.3. The second-order valence-electron chi connectivity index (χ2n) is 3.61. The summed E-state index contributed by atoms with van der Waals surface area (Å²) in [6, 6.07) is 12.8. The van der Waals surface area contributed by atoms with Crippen LogP contribution in [0.15, 0.2) is 54.6 Å². The molecule has 0 spiro atoms. The standard InChI is InChI=1S/C10H9.C5H5.2ClH.Zr/c1-8-6-7-9-4-2-3-5-10(8)9;1-2-4-5-3-1;;;/h2-7H,1H3;1-3H,4H2;2*1H;/q2*-1;;;+2. The van der Waals surface area contributed by atoms with Crippen LogP contribution >= 0.6 is 24.8 Å². The van der Waals surface area contributed by atoms with Gasteiger partial charge >= 0.3 is 26.2 Å². The molecule has 3 rings (SSSR count). The Labute approximate surface area is 140 Å². The average molecular weight is 358 g/mol. The number of aryl methyl sites for hydroxylation is 1. The molecule has 94 valence electrons. The van der Waals surface area contributed by atoms with Crippen molar-refractivity contribution in [3.8, 4) is 0 Å². The Morgan fingerprint density at radius 3 is 2.33 bits per heavy atom. The molecule has 0 bridgehead atoms. The summed E-state index contributed by atoms with van der Waals surface area (Å²) in [4.78, 5) is 0. The van der Waals surface area contributed by atoms with Crippen LogP contribution in [0, 0.1) is 13.0 Å². The summed E-state index contributed by atoms with van der Waals surface area (Å²) < 4.78 is 0. The topological polar surface area (TPSA) is 0 Å². The van der Waals surface area contributed by atoms with Gasteiger partial charge in [0.05, 0.1) is 0 Å². The third-order valence-electron chi connectivity index (χ3n) is 2.48. The minimum absolute atomic E-state index is 0. The first-order chi connectivity index (χ1) is 7.38. The molecule has 1 aliphatic rings. The van der Waals surface area contributed by atoms with E-state index in [1.165, 1.54) is 16.3 Å². The Morgan fingerprint density at radius 1 is 1.11 bits per heavy atom. The minimum atomic E-state index is 0. The maximum atomic E-state index is 2.99. The summed E-state index contributed by atoms with van der Waals surface area (Å²) >= 11 is 0. The van der Waals surface area contributed by atoms with Crippen LogP contribution in [-0.2, 0) is 26.2 Å². The Morgan fingerprint density at radius 2 is 1.83 bits per heavy atom. The van der Waals surface area contributed by atoms with Crippen molar-refractivity contribution in [1.29, 1.82) is 0 Å². The van der Waals surface area contributed by atoms with Gasteiger partial charge in [-0.25, -0.2) is 12.2 Å². The second-order valence-corrected chi connectivity index (χ2v) is 3.61. The summed E-state index contributed by atoms with van der Waals surface area (Å²) in [6.45, 7) is 2.14. The molecular weight excluding hydrogens is 342 g/mol. The molecule has 0 heterocycles. The quantitative estimate of drug-likeness (QED) is 0.581. The van der Waals surface area contributed by atoms with Gasteiger partial charge in [-0.05, 0) is 0 Å². The van der Waals surface area contributed by atoms with E-state index in [0.717, 1.165) is 6.42 Å². The number of rotatable bonds is 0. The van der Waals surface area contributed by atoms with Crippen molar-refractivity contribution in [3.05, 3.63) is 66.3 Å². The molecule has 0 unspecified atom stereocenters. The molecule has 0 aliphatic heterocycles. The van der Waals surface area contributed by atoms with Crippen molar-refractivity contribution in [1.82, 2.24) is 0 Å². The van der Waals surface area contributed by atoms with Gasteiger partial charge in [0.25, 0.3) is 0 Å². The Balaban J connectivity index is 0. The Kier molecular flexibility index (Phi) is 11.9. The molecule has 0 radical (unpaired) electrons. The molecule has 0 amide bonds. The van der Waals surface area contributed by atoms with Crippen molar-refractivity contribution in [2.24, 2.45) is 0 Å². The third-order valence-corrected chi connectivity index (χ3v) is 2.48. The van der Waals surface area contributed by atoms with Crippen LogP contribution < -0.4 is 0 Å². The molecule has 3 heteroatoms. The number of hydrogen-bond acceptors (Lipinski definition) is 0. The average Bonchev–Trinajstić information content (AvgIpc) is 2.92. The maximum Gasteiger partial charge on any atom is 2.00 e. The van der Waals surface area contributed by atoms with Crippen LogP contribution in [0.2, 0.25) is 0 Å². The van der Waals surface area contributed by atoms with Crippen molar-refractivity contribution >= 4 is 35.6 Å². The molecular formula is C15H16Cl2Zr.